The van der Waals surface area contributed by atoms with Gasteiger partial charge in [0.1, 0.15) is 0 Å². The highest BCUT2D eigenvalue weighted by Crippen LogP contribution is 2.45. The van der Waals surface area contributed by atoms with E-state index >= 15 is 0 Å². The molecule has 3 N–H and O–H groups in total. The second-order valence-electron chi connectivity index (χ2n) is 3.79. The number of rotatable bonds is 2. The van der Waals surface area contributed by atoms with Crippen LogP contribution in [0.5, 0.6) is 0 Å². The van der Waals surface area contributed by atoms with E-state index in [1.807, 2.05) is 0 Å². The van der Waals surface area contributed by atoms with Gasteiger partial charge in [-0.1, -0.05) is 6.42 Å². The highest BCUT2D eigenvalue weighted by atomic mass is 31.1. The van der Waals surface area contributed by atoms with Crippen LogP contribution in [0.2, 0.25) is 0 Å². The first kappa shape index (κ1) is 7.78. The summed E-state index contributed by atoms with van der Waals surface area (Å²) in [6, 6.07) is 0.477. The van der Waals surface area contributed by atoms with Crippen molar-refractivity contribution in [2.75, 3.05) is 0 Å². The van der Waals surface area contributed by atoms with Crippen molar-refractivity contribution < 1.29 is 4.57 Å². The Hall–Kier alpha value is 0.150. The van der Waals surface area contributed by atoms with E-state index in [0.717, 1.165) is 11.8 Å². The second-order valence-corrected chi connectivity index (χ2v) is 4.81. The summed E-state index contributed by atoms with van der Waals surface area (Å²) in [5.41, 5.74) is 5.24. The van der Waals surface area contributed by atoms with Crippen LogP contribution < -0.4 is 10.6 Å². The lowest BCUT2D eigenvalue weighted by Crippen LogP contribution is -2.29. The molecule has 2 aliphatic rings. The molecule has 0 aromatic rings. The van der Waals surface area contributed by atoms with E-state index in [2.05, 4.69) is 5.09 Å². The Kier molecular flexibility index (Phi) is 2.04. The van der Waals surface area contributed by atoms with Gasteiger partial charge in [-0.25, -0.2) is 0 Å². The molecule has 3 nitrogen and oxygen atoms in total. The van der Waals surface area contributed by atoms with Gasteiger partial charge >= 0.3 is 0 Å². The number of nitrogens with two attached hydrogens (primary N) is 1. The lowest BCUT2D eigenvalue weighted by Gasteiger charge is -2.21. The Morgan fingerprint density at radius 1 is 1.36 bits per heavy atom. The highest BCUT2D eigenvalue weighted by molar-refractivity contribution is 7.39. The maximum Gasteiger partial charge on any atom is 0.197 e. The van der Waals surface area contributed by atoms with Crippen LogP contribution in [-0.2, 0) is 4.57 Å². The standard InChI is InChI=1S/C7H15N2OP/c8-11(10)9-7-4-5-1-2-6(7)3-5/h5-7,11H,1-4H2,(H3,8,9,10). The number of nitrogens with one attached hydrogen (secondary N) is 1. The van der Waals surface area contributed by atoms with Gasteiger partial charge in [-0.05, 0) is 31.1 Å². The fourth-order valence-electron chi connectivity index (χ4n) is 2.60. The van der Waals surface area contributed by atoms with Crippen LogP contribution in [0, 0.1) is 11.8 Å². The van der Waals surface area contributed by atoms with Crippen molar-refractivity contribution in [1.29, 1.82) is 0 Å². The summed E-state index contributed by atoms with van der Waals surface area (Å²) in [5.74, 6) is 1.68. The molecule has 0 aromatic heterocycles. The van der Waals surface area contributed by atoms with Crippen molar-refractivity contribution in [1.82, 2.24) is 5.09 Å². The van der Waals surface area contributed by atoms with Crippen LogP contribution in [0.15, 0.2) is 0 Å². The van der Waals surface area contributed by atoms with Crippen molar-refractivity contribution in [3.8, 4) is 0 Å². The summed E-state index contributed by atoms with van der Waals surface area (Å²) in [5, 5.41) is 3.00. The van der Waals surface area contributed by atoms with Gasteiger partial charge in [0, 0.05) is 6.04 Å². The van der Waals surface area contributed by atoms with E-state index in [1.54, 1.807) is 0 Å². The summed E-state index contributed by atoms with van der Waals surface area (Å²) >= 11 is 0. The number of hydrogen-bond acceptors (Lipinski definition) is 1. The predicted molar refractivity (Wildman–Crippen MR) is 45.6 cm³/mol. The first-order chi connectivity index (χ1) is 5.25. The monoisotopic (exact) mass is 174 g/mol. The Morgan fingerprint density at radius 3 is 2.64 bits per heavy atom. The summed E-state index contributed by atoms with van der Waals surface area (Å²) in [6.07, 6.45) is 5.25. The molecule has 4 heteroatoms. The number of fused-ring (bicyclic) bond motifs is 2. The molecule has 0 aliphatic heterocycles. The Labute approximate surface area is 67.6 Å². The largest absolute Gasteiger partial charge is 0.293 e. The van der Waals surface area contributed by atoms with E-state index in [9.17, 15) is 4.57 Å². The van der Waals surface area contributed by atoms with Gasteiger partial charge in [-0.3, -0.25) is 15.2 Å². The van der Waals surface area contributed by atoms with Crippen molar-refractivity contribution in [3.63, 3.8) is 0 Å². The third-order valence-corrected chi connectivity index (χ3v) is 3.72. The van der Waals surface area contributed by atoms with E-state index in [0.29, 0.717) is 6.04 Å². The van der Waals surface area contributed by atoms with Crippen LogP contribution in [-0.4, -0.2) is 6.04 Å². The van der Waals surface area contributed by atoms with Gasteiger partial charge < -0.3 is 0 Å². The van der Waals surface area contributed by atoms with Crippen molar-refractivity contribution in [3.05, 3.63) is 0 Å². The summed E-state index contributed by atoms with van der Waals surface area (Å²) in [6.45, 7) is 0. The maximum absolute atomic E-state index is 10.7. The van der Waals surface area contributed by atoms with Crippen LogP contribution in [0.25, 0.3) is 0 Å². The zero-order valence-electron chi connectivity index (χ0n) is 6.55. The summed E-state index contributed by atoms with van der Waals surface area (Å²) in [4.78, 5) is 0. The molecule has 4 atom stereocenters. The molecule has 11 heavy (non-hydrogen) atoms. The van der Waals surface area contributed by atoms with Gasteiger partial charge in [0.2, 0.25) is 0 Å². The van der Waals surface area contributed by atoms with Gasteiger partial charge in [-0.15, -0.1) is 0 Å². The molecule has 2 bridgehead atoms. The normalized spacial score (nSPS) is 44.6. The van der Waals surface area contributed by atoms with Gasteiger partial charge in [-0.2, -0.15) is 0 Å². The molecule has 0 heterocycles. The van der Waals surface area contributed by atoms with Crippen LogP contribution in [0.3, 0.4) is 0 Å². The van der Waals surface area contributed by atoms with Crippen molar-refractivity contribution in [2.45, 2.75) is 31.7 Å². The molecule has 2 saturated carbocycles. The topological polar surface area (TPSA) is 55.1 Å². The molecular formula is C7H15N2OP. The lowest BCUT2D eigenvalue weighted by atomic mass is 9.96. The fraction of sp³-hybridized carbons (Fsp3) is 1.00. The van der Waals surface area contributed by atoms with Gasteiger partial charge in [0.25, 0.3) is 0 Å². The molecular weight excluding hydrogens is 159 g/mol. The zero-order chi connectivity index (χ0) is 7.84. The molecule has 2 aliphatic carbocycles. The highest BCUT2D eigenvalue weighted by Gasteiger charge is 2.39. The van der Waals surface area contributed by atoms with E-state index in [1.165, 1.54) is 25.7 Å². The minimum absolute atomic E-state index is 0.477. The van der Waals surface area contributed by atoms with Crippen LogP contribution >= 0.6 is 8.10 Å². The Balaban J connectivity index is 1.92. The molecule has 0 amide bonds. The maximum atomic E-state index is 10.7. The molecule has 0 aromatic carbocycles. The van der Waals surface area contributed by atoms with Crippen molar-refractivity contribution in [2.24, 2.45) is 17.3 Å². The molecule has 0 radical (unpaired) electrons. The average molecular weight is 174 g/mol. The molecule has 2 rings (SSSR count). The Bertz CT molecular complexity index is 185. The Morgan fingerprint density at radius 2 is 2.18 bits per heavy atom. The third kappa shape index (κ3) is 1.51. The minimum Gasteiger partial charge on any atom is -0.293 e. The molecule has 0 saturated heterocycles. The molecule has 64 valence electrons. The molecule has 2 fully saturated rings. The van der Waals surface area contributed by atoms with E-state index in [4.69, 9.17) is 5.50 Å². The van der Waals surface area contributed by atoms with E-state index < -0.39 is 8.10 Å². The van der Waals surface area contributed by atoms with Gasteiger partial charge in [0.15, 0.2) is 8.10 Å². The molecule has 4 unspecified atom stereocenters. The molecule has 0 spiro atoms. The van der Waals surface area contributed by atoms with E-state index in [-0.39, 0.29) is 0 Å². The predicted octanol–water partition coefficient (Wildman–Crippen LogP) is 1.11. The smallest absolute Gasteiger partial charge is 0.197 e. The average Bonchev–Trinajstić information content (AvgIpc) is 2.45. The van der Waals surface area contributed by atoms with Crippen LogP contribution in [0.1, 0.15) is 25.7 Å². The van der Waals surface area contributed by atoms with Crippen LogP contribution in [0.4, 0.5) is 0 Å². The summed E-state index contributed by atoms with van der Waals surface area (Å²) in [7, 11) is -1.94. The quantitative estimate of drug-likeness (QED) is 0.616. The number of hydrogen-bond donors (Lipinski definition) is 2. The third-order valence-electron chi connectivity index (χ3n) is 3.07. The zero-order valence-corrected chi connectivity index (χ0v) is 7.55. The fourth-order valence-corrected chi connectivity index (χ4v) is 3.32. The lowest BCUT2D eigenvalue weighted by molar-refractivity contribution is 0.393. The SMILES string of the molecule is N[PH](=O)NC1CC2CCC1C2. The van der Waals surface area contributed by atoms with Crippen molar-refractivity contribution >= 4 is 8.10 Å². The summed E-state index contributed by atoms with van der Waals surface area (Å²) < 4.78 is 10.7. The second kappa shape index (κ2) is 2.89. The first-order valence-electron chi connectivity index (χ1n) is 4.31. The van der Waals surface area contributed by atoms with Gasteiger partial charge in [0.05, 0.1) is 0 Å². The minimum atomic E-state index is -1.94. The first-order valence-corrected chi connectivity index (χ1v) is 5.80.